The number of nitrogens with one attached hydrogen (secondary N) is 1. The van der Waals surface area contributed by atoms with Crippen LogP contribution in [0.25, 0.3) is 5.69 Å². The first-order valence-electron chi connectivity index (χ1n) is 8.79. The molecule has 0 aliphatic heterocycles. The summed E-state index contributed by atoms with van der Waals surface area (Å²) in [6.45, 7) is 3.98. The van der Waals surface area contributed by atoms with E-state index in [0.29, 0.717) is 11.4 Å². The van der Waals surface area contributed by atoms with Crippen LogP contribution in [-0.4, -0.2) is 29.3 Å². The molecule has 1 aromatic heterocycles. The third-order valence-electron chi connectivity index (χ3n) is 4.57. The fraction of sp³-hybridized carbons (Fsp3) is 0.190. The number of halogens is 1. The molecular weight excluding hydrogens is 376 g/mol. The Morgan fingerprint density at radius 3 is 2.57 bits per heavy atom. The second kappa shape index (κ2) is 8.27. The van der Waals surface area contributed by atoms with Gasteiger partial charge in [-0.15, -0.1) is 0 Å². The number of benzene rings is 2. The van der Waals surface area contributed by atoms with Crippen molar-refractivity contribution in [1.29, 1.82) is 0 Å². The smallest absolute Gasteiger partial charge is 0.292 e. The van der Waals surface area contributed by atoms with Crippen molar-refractivity contribution in [3.05, 3.63) is 81.2 Å². The number of nitrogens with zero attached hydrogens (tertiary/aromatic N) is 3. The number of para-hydroxylation sites is 1. The van der Waals surface area contributed by atoms with E-state index in [1.54, 1.807) is 24.1 Å². The van der Waals surface area contributed by atoms with Crippen molar-refractivity contribution in [2.45, 2.75) is 13.8 Å². The molecule has 0 atom stereocenters. The van der Waals surface area contributed by atoms with Gasteiger partial charge < -0.3 is 10.2 Å². The van der Waals surface area contributed by atoms with Gasteiger partial charge in [-0.3, -0.25) is 9.59 Å². The minimum Gasteiger partial charge on any atom is -0.363 e. The molecule has 3 aromatic rings. The van der Waals surface area contributed by atoms with Crippen LogP contribution >= 0.6 is 11.6 Å². The summed E-state index contributed by atoms with van der Waals surface area (Å²) >= 11 is 6.29. The summed E-state index contributed by atoms with van der Waals surface area (Å²) in [6, 6.07) is 14.8. The predicted octanol–water partition coefficient (Wildman–Crippen LogP) is 3.58. The van der Waals surface area contributed by atoms with E-state index in [-0.39, 0.29) is 17.5 Å². The Hall–Kier alpha value is -3.12. The summed E-state index contributed by atoms with van der Waals surface area (Å²) in [5, 5.41) is 7.10. The number of aryl methyl sites for hydroxylation is 1. The first-order chi connectivity index (χ1) is 13.4. The maximum absolute atomic E-state index is 12.6. The lowest BCUT2D eigenvalue weighted by Gasteiger charge is -2.20. The van der Waals surface area contributed by atoms with E-state index in [0.717, 1.165) is 16.8 Å². The van der Waals surface area contributed by atoms with Crippen LogP contribution < -0.4 is 15.8 Å². The van der Waals surface area contributed by atoms with Crippen LogP contribution in [0.3, 0.4) is 0 Å². The second-order valence-electron chi connectivity index (χ2n) is 6.55. The Bertz CT molecular complexity index is 1060. The number of rotatable bonds is 5. The Kier molecular flexibility index (Phi) is 5.80. The fourth-order valence-corrected chi connectivity index (χ4v) is 3.09. The summed E-state index contributed by atoms with van der Waals surface area (Å²) in [7, 11) is 1.69. The average Bonchev–Trinajstić information content (AvgIpc) is 2.68. The number of anilines is 2. The molecule has 3 rings (SSSR count). The predicted molar refractivity (Wildman–Crippen MR) is 113 cm³/mol. The van der Waals surface area contributed by atoms with Crippen LogP contribution in [0.5, 0.6) is 0 Å². The standard InChI is InChI=1S/C21H21ClN4O2/c1-14-8-7-11-17(15(14)2)24-19(27)13-25(3)18-12-23-26(21(28)20(18)22)16-9-5-4-6-10-16/h4-12H,13H2,1-3H3,(H,24,27). The quantitative estimate of drug-likeness (QED) is 0.715. The van der Waals surface area contributed by atoms with Gasteiger partial charge in [-0.2, -0.15) is 9.78 Å². The van der Waals surface area contributed by atoms with Crippen molar-refractivity contribution in [1.82, 2.24) is 9.78 Å². The van der Waals surface area contributed by atoms with E-state index >= 15 is 0 Å². The van der Waals surface area contributed by atoms with E-state index in [1.807, 2.05) is 50.2 Å². The number of carbonyl (C=O) groups is 1. The molecule has 1 N–H and O–H groups in total. The number of aromatic nitrogens is 2. The molecule has 2 aromatic carbocycles. The first kappa shape index (κ1) is 19.6. The highest BCUT2D eigenvalue weighted by Crippen LogP contribution is 2.21. The minimum absolute atomic E-state index is 0.0147. The van der Waals surface area contributed by atoms with Gasteiger partial charge in [0.25, 0.3) is 5.56 Å². The molecule has 0 spiro atoms. The topological polar surface area (TPSA) is 67.2 Å². The molecule has 0 aliphatic rings. The maximum Gasteiger partial charge on any atom is 0.292 e. The zero-order valence-electron chi connectivity index (χ0n) is 15.9. The van der Waals surface area contributed by atoms with Gasteiger partial charge in [0.05, 0.1) is 24.1 Å². The van der Waals surface area contributed by atoms with Gasteiger partial charge in [-0.25, -0.2) is 0 Å². The Morgan fingerprint density at radius 1 is 1.14 bits per heavy atom. The van der Waals surface area contributed by atoms with Crippen LogP contribution in [0.4, 0.5) is 11.4 Å². The number of carbonyl (C=O) groups excluding carboxylic acids is 1. The maximum atomic E-state index is 12.6. The van der Waals surface area contributed by atoms with E-state index in [4.69, 9.17) is 11.6 Å². The molecule has 0 bridgehead atoms. The van der Waals surface area contributed by atoms with Crippen LogP contribution in [0.15, 0.2) is 59.5 Å². The molecule has 0 saturated heterocycles. The summed E-state index contributed by atoms with van der Waals surface area (Å²) in [5.74, 6) is -0.209. The Morgan fingerprint density at radius 2 is 1.86 bits per heavy atom. The summed E-state index contributed by atoms with van der Waals surface area (Å²) < 4.78 is 1.23. The number of amides is 1. The van der Waals surface area contributed by atoms with Crippen LogP contribution in [0, 0.1) is 13.8 Å². The fourth-order valence-electron chi connectivity index (χ4n) is 2.82. The lowest BCUT2D eigenvalue weighted by Crippen LogP contribution is -2.32. The van der Waals surface area contributed by atoms with E-state index in [2.05, 4.69) is 10.4 Å². The van der Waals surface area contributed by atoms with Gasteiger partial charge >= 0.3 is 0 Å². The minimum atomic E-state index is -0.438. The SMILES string of the molecule is Cc1cccc(NC(=O)CN(C)c2cnn(-c3ccccc3)c(=O)c2Cl)c1C. The largest absolute Gasteiger partial charge is 0.363 e. The van der Waals surface area contributed by atoms with Gasteiger partial charge in [0, 0.05) is 12.7 Å². The van der Waals surface area contributed by atoms with E-state index < -0.39 is 5.56 Å². The van der Waals surface area contributed by atoms with Crippen LogP contribution in [-0.2, 0) is 4.79 Å². The second-order valence-corrected chi connectivity index (χ2v) is 6.93. The molecule has 144 valence electrons. The molecule has 0 radical (unpaired) electrons. The number of likely N-dealkylation sites (N-methyl/N-ethyl adjacent to an activating group) is 1. The monoisotopic (exact) mass is 396 g/mol. The van der Waals surface area contributed by atoms with E-state index in [1.165, 1.54) is 10.9 Å². The van der Waals surface area contributed by atoms with Crippen molar-refractivity contribution in [2.24, 2.45) is 0 Å². The van der Waals surface area contributed by atoms with Gasteiger partial charge in [-0.05, 0) is 43.2 Å². The van der Waals surface area contributed by atoms with Gasteiger partial charge in [0.1, 0.15) is 5.02 Å². The van der Waals surface area contributed by atoms with Gasteiger partial charge in [0.15, 0.2) is 0 Å². The van der Waals surface area contributed by atoms with Gasteiger partial charge in [0.2, 0.25) is 5.91 Å². The zero-order valence-corrected chi connectivity index (χ0v) is 16.7. The average molecular weight is 397 g/mol. The van der Waals surface area contributed by atoms with Crippen molar-refractivity contribution < 1.29 is 4.79 Å². The summed E-state index contributed by atoms with van der Waals surface area (Å²) in [4.78, 5) is 26.6. The summed E-state index contributed by atoms with van der Waals surface area (Å²) in [6.07, 6.45) is 1.49. The zero-order chi connectivity index (χ0) is 20.3. The molecule has 6 nitrogen and oxygen atoms in total. The van der Waals surface area contributed by atoms with Crippen molar-refractivity contribution in [2.75, 3.05) is 23.8 Å². The van der Waals surface area contributed by atoms with E-state index in [9.17, 15) is 9.59 Å². The molecule has 1 heterocycles. The van der Waals surface area contributed by atoms with Gasteiger partial charge in [-0.1, -0.05) is 41.9 Å². The molecule has 28 heavy (non-hydrogen) atoms. The number of hydrogen-bond acceptors (Lipinski definition) is 4. The number of hydrogen-bond donors (Lipinski definition) is 1. The lowest BCUT2D eigenvalue weighted by atomic mass is 10.1. The highest BCUT2D eigenvalue weighted by Gasteiger charge is 2.16. The molecule has 7 heteroatoms. The molecule has 1 amide bonds. The highest BCUT2D eigenvalue weighted by atomic mass is 35.5. The molecular formula is C21H21ClN4O2. The molecule has 0 unspecified atom stereocenters. The van der Waals surface area contributed by atoms with Crippen molar-refractivity contribution in [3.8, 4) is 5.69 Å². The molecule has 0 fully saturated rings. The third kappa shape index (κ3) is 4.07. The third-order valence-corrected chi connectivity index (χ3v) is 4.93. The van der Waals surface area contributed by atoms with Crippen molar-refractivity contribution >= 4 is 28.9 Å². The Labute approximate surface area is 168 Å². The first-order valence-corrected chi connectivity index (χ1v) is 9.16. The highest BCUT2D eigenvalue weighted by molar-refractivity contribution is 6.33. The normalized spacial score (nSPS) is 10.6. The molecule has 0 saturated carbocycles. The van der Waals surface area contributed by atoms with Crippen LogP contribution in [0.2, 0.25) is 5.02 Å². The van der Waals surface area contributed by atoms with Crippen molar-refractivity contribution in [3.63, 3.8) is 0 Å². The summed E-state index contributed by atoms with van der Waals surface area (Å²) in [5.41, 5.74) is 3.46. The Balaban J connectivity index is 1.78. The molecule has 0 aliphatic carbocycles. The lowest BCUT2D eigenvalue weighted by molar-refractivity contribution is -0.114. The van der Waals surface area contributed by atoms with Crippen LogP contribution in [0.1, 0.15) is 11.1 Å².